The summed E-state index contributed by atoms with van der Waals surface area (Å²) in [5.41, 5.74) is 3.16. The molecule has 1 amide bonds. The maximum atomic E-state index is 14.1. The zero-order valence-corrected chi connectivity index (χ0v) is 19.6. The molecule has 0 aliphatic carbocycles. The number of benzene rings is 1. The van der Waals surface area contributed by atoms with Crippen LogP contribution in [0.2, 0.25) is 0 Å². The van der Waals surface area contributed by atoms with Crippen LogP contribution in [-0.4, -0.2) is 45.7 Å². The molecule has 0 spiro atoms. The number of thioether (sulfide) groups is 1. The average molecular weight is 480 g/mol. The molecule has 9 heteroatoms. The van der Waals surface area contributed by atoms with Crippen molar-refractivity contribution in [2.75, 3.05) is 30.7 Å². The summed E-state index contributed by atoms with van der Waals surface area (Å²) in [4.78, 5) is 32.6. The molecular weight excluding hydrogens is 453 g/mol. The van der Waals surface area contributed by atoms with E-state index in [-0.39, 0.29) is 17.3 Å². The number of amides is 1. The lowest BCUT2D eigenvalue weighted by molar-refractivity contribution is -0.113. The van der Waals surface area contributed by atoms with E-state index in [0.717, 1.165) is 53.1 Å². The summed E-state index contributed by atoms with van der Waals surface area (Å²) >= 11 is 1.52. The third kappa shape index (κ3) is 4.01. The van der Waals surface area contributed by atoms with Crippen molar-refractivity contribution in [2.24, 2.45) is 5.92 Å². The molecule has 0 saturated carbocycles. The van der Waals surface area contributed by atoms with E-state index in [2.05, 4.69) is 20.5 Å². The topological polar surface area (TPSA) is 79.3 Å². The normalized spacial score (nSPS) is 19.6. The van der Waals surface area contributed by atoms with Gasteiger partial charge in [-0.25, -0.2) is 9.37 Å². The maximum Gasteiger partial charge on any atom is 0.255 e. The number of hydrogen-bond donors (Lipinski definition) is 2. The number of nitrogens with one attached hydrogen (secondary N) is 2. The van der Waals surface area contributed by atoms with Crippen LogP contribution in [0.3, 0.4) is 0 Å². The molecule has 1 saturated heterocycles. The van der Waals surface area contributed by atoms with Gasteiger partial charge in [-0.15, -0.1) is 11.8 Å². The summed E-state index contributed by atoms with van der Waals surface area (Å²) in [5, 5.41) is 7.29. The molecule has 1 aromatic carbocycles. The van der Waals surface area contributed by atoms with Gasteiger partial charge in [-0.3, -0.25) is 14.5 Å². The zero-order valence-electron chi connectivity index (χ0n) is 18.8. The number of carbonyl (C=O) groups excluding carboxylic acids is 1. The number of anilines is 1. The molecule has 7 nitrogen and oxygen atoms in total. The van der Waals surface area contributed by atoms with Gasteiger partial charge in [-0.2, -0.15) is 0 Å². The van der Waals surface area contributed by atoms with Crippen LogP contribution < -0.4 is 16.2 Å². The first kappa shape index (κ1) is 21.8. The van der Waals surface area contributed by atoms with Gasteiger partial charge in [0, 0.05) is 37.3 Å². The van der Waals surface area contributed by atoms with Gasteiger partial charge < -0.3 is 15.2 Å². The van der Waals surface area contributed by atoms with E-state index in [0.29, 0.717) is 49.1 Å². The third-order valence-corrected chi connectivity index (χ3v) is 8.04. The van der Waals surface area contributed by atoms with Gasteiger partial charge in [0.2, 0.25) is 5.91 Å². The third-order valence-electron chi connectivity index (χ3n) is 7.00. The van der Waals surface area contributed by atoms with Crippen molar-refractivity contribution in [3.8, 4) is 0 Å². The van der Waals surface area contributed by atoms with E-state index < -0.39 is 0 Å². The van der Waals surface area contributed by atoms with Gasteiger partial charge in [-0.1, -0.05) is 0 Å². The summed E-state index contributed by atoms with van der Waals surface area (Å²) in [6.07, 6.45) is 1.66. The second kappa shape index (κ2) is 8.79. The largest absolute Gasteiger partial charge is 0.311 e. The van der Waals surface area contributed by atoms with Crippen LogP contribution in [0.5, 0.6) is 0 Å². The molecule has 2 aromatic heterocycles. The smallest absolute Gasteiger partial charge is 0.255 e. The van der Waals surface area contributed by atoms with Gasteiger partial charge in [0.25, 0.3) is 5.56 Å². The number of carbonyl (C=O) groups is 1. The fraction of sp³-hybridized carbons (Fsp3) is 0.400. The first-order valence-corrected chi connectivity index (χ1v) is 12.7. The van der Waals surface area contributed by atoms with Gasteiger partial charge in [0.1, 0.15) is 11.6 Å². The number of rotatable bonds is 6. The maximum absolute atomic E-state index is 14.1. The van der Waals surface area contributed by atoms with Crippen LogP contribution in [0.15, 0.2) is 40.0 Å². The van der Waals surface area contributed by atoms with Crippen molar-refractivity contribution in [3.63, 3.8) is 0 Å². The molecule has 1 fully saturated rings. The average Bonchev–Trinajstić information content (AvgIpc) is 3.47. The molecule has 0 radical (unpaired) electrons. The summed E-state index contributed by atoms with van der Waals surface area (Å²) in [6.45, 7) is 4.61. The Kier molecular flexibility index (Phi) is 5.63. The Bertz CT molecular complexity index is 1360. The number of likely N-dealkylation sites (tertiary alicyclic amines) is 1. The van der Waals surface area contributed by atoms with Crippen LogP contribution in [0.1, 0.15) is 23.2 Å². The van der Waals surface area contributed by atoms with Gasteiger partial charge in [-0.05, 0) is 67.6 Å². The zero-order chi connectivity index (χ0) is 23.2. The van der Waals surface area contributed by atoms with Crippen LogP contribution >= 0.6 is 11.8 Å². The summed E-state index contributed by atoms with van der Waals surface area (Å²) in [6, 6.07) is 9.28. The lowest BCUT2D eigenvalue weighted by Gasteiger charge is -2.18. The Labute approximate surface area is 200 Å². The van der Waals surface area contributed by atoms with Crippen LogP contribution in [0, 0.1) is 11.7 Å². The number of hydrogen-bond acceptors (Lipinski definition) is 6. The first-order chi connectivity index (χ1) is 16.5. The quantitative estimate of drug-likeness (QED) is 0.566. The first-order valence-electron chi connectivity index (χ1n) is 11.7. The molecule has 1 unspecified atom stereocenters. The van der Waals surface area contributed by atoms with Gasteiger partial charge in [0.05, 0.1) is 21.9 Å². The van der Waals surface area contributed by atoms with E-state index in [1.54, 1.807) is 10.6 Å². The highest BCUT2D eigenvalue weighted by atomic mass is 32.2. The minimum atomic E-state index is -0.213. The van der Waals surface area contributed by atoms with Crippen molar-refractivity contribution >= 4 is 34.4 Å². The van der Waals surface area contributed by atoms with Crippen LogP contribution in [-0.2, 0) is 30.8 Å². The van der Waals surface area contributed by atoms with Crippen molar-refractivity contribution in [2.45, 2.75) is 37.4 Å². The second-order valence-electron chi connectivity index (χ2n) is 9.35. The molecule has 34 heavy (non-hydrogen) atoms. The van der Waals surface area contributed by atoms with E-state index in [9.17, 15) is 14.0 Å². The van der Waals surface area contributed by atoms with Gasteiger partial charge >= 0.3 is 0 Å². The molecule has 3 aromatic rings. The fourth-order valence-corrected chi connectivity index (χ4v) is 6.10. The Balaban J connectivity index is 1.06. The van der Waals surface area contributed by atoms with Crippen LogP contribution in [0.25, 0.3) is 10.9 Å². The Hall–Kier alpha value is -2.75. The van der Waals surface area contributed by atoms with Crippen LogP contribution in [0.4, 0.5) is 10.2 Å². The number of fused-ring (bicyclic) bond motifs is 1. The van der Waals surface area contributed by atoms with E-state index >= 15 is 0 Å². The summed E-state index contributed by atoms with van der Waals surface area (Å²) < 4.78 is 15.9. The molecule has 5 heterocycles. The fourth-order valence-electron chi connectivity index (χ4n) is 5.35. The molecule has 176 valence electrons. The predicted octanol–water partition coefficient (Wildman–Crippen LogP) is 2.75. The van der Waals surface area contributed by atoms with E-state index in [1.807, 2.05) is 18.2 Å². The SMILES string of the molecule is O=C1CSc2ccc(CNCC3CCN(Cc4cc5ccc(F)c6c5n(c4=O)CC6)C3)nc2N1. The summed E-state index contributed by atoms with van der Waals surface area (Å²) in [7, 11) is 0. The standard InChI is InChI=1S/C25H26FN5O2S/c26-20-3-1-16-9-17(25(33)31-8-6-19(20)23(16)31)13-30-7-5-15(12-30)10-27-11-18-2-4-21-24(28-18)29-22(32)14-34-21/h1-4,9,15,27H,5-8,10-14H2,(H,28,29,32). The molecule has 2 N–H and O–H groups in total. The van der Waals surface area contributed by atoms with Crippen molar-refractivity contribution in [3.05, 3.63) is 63.3 Å². The van der Waals surface area contributed by atoms with E-state index in [1.165, 1.54) is 17.8 Å². The molecule has 3 aliphatic heterocycles. The Morgan fingerprint density at radius 1 is 1.21 bits per heavy atom. The summed E-state index contributed by atoms with van der Waals surface area (Å²) in [5.74, 6) is 1.39. The number of aromatic nitrogens is 2. The second-order valence-corrected chi connectivity index (χ2v) is 10.4. The molecular formula is C25H26FN5O2S. The number of pyridine rings is 2. The van der Waals surface area contributed by atoms with E-state index in [4.69, 9.17) is 0 Å². The molecule has 3 aliphatic rings. The predicted molar refractivity (Wildman–Crippen MR) is 131 cm³/mol. The lowest BCUT2D eigenvalue weighted by Crippen LogP contribution is -2.30. The Morgan fingerprint density at radius 2 is 2.12 bits per heavy atom. The Morgan fingerprint density at radius 3 is 3.03 bits per heavy atom. The highest BCUT2D eigenvalue weighted by Gasteiger charge is 2.25. The lowest BCUT2D eigenvalue weighted by atomic mass is 10.1. The minimum Gasteiger partial charge on any atom is -0.311 e. The molecule has 6 rings (SSSR count). The number of nitrogens with zero attached hydrogens (tertiary/aromatic N) is 3. The molecule has 0 bridgehead atoms. The number of aryl methyl sites for hydroxylation is 2. The highest BCUT2D eigenvalue weighted by molar-refractivity contribution is 8.00. The van der Waals surface area contributed by atoms with Crippen molar-refractivity contribution in [1.82, 2.24) is 19.8 Å². The highest BCUT2D eigenvalue weighted by Crippen LogP contribution is 2.30. The van der Waals surface area contributed by atoms with Crippen molar-refractivity contribution in [1.29, 1.82) is 0 Å². The van der Waals surface area contributed by atoms with Crippen molar-refractivity contribution < 1.29 is 9.18 Å². The molecule has 1 atom stereocenters. The number of halogens is 1. The monoisotopic (exact) mass is 479 g/mol. The van der Waals surface area contributed by atoms with Gasteiger partial charge in [0.15, 0.2) is 0 Å². The minimum absolute atomic E-state index is 0.00598.